The van der Waals surface area contributed by atoms with E-state index in [1.54, 1.807) is 20.8 Å². The summed E-state index contributed by atoms with van der Waals surface area (Å²) in [5, 5.41) is 14.3. The molecule has 1 heterocycles. The van der Waals surface area contributed by atoms with Crippen molar-refractivity contribution in [2.75, 3.05) is 19.8 Å². The predicted octanol–water partition coefficient (Wildman–Crippen LogP) is 3.74. The number of nitrogens with one attached hydrogen (secondary N) is 1. The fourth-order valence-electron chi connectivity index (χ4n) is 4.13. The van der Waals surface area contributed by atoms with E-state index < -0.39 is 36.2 Å². The van der Waals surface area contributed by atoms with Crippen LogP contribution in [0.1, 0.15) is 65.2 Å². The summed E-state index contributed by atoms with van der Waals surface area (Å²) in [5.41, 5.74) is 2.42. The number of nitrogens with zero attached hydrogens (tertiary/aromatic N) is 1. The maximum absolute atomic E-state index is 13.2. The first kappa shape index (κ1) is 29.1. The van der Waals surface area contributed by atoms with E-state index in [4.69, 9.17) is 14.2 Å². The molecule has 8 heteroatoms. The molecule has 0 bridgehead atoms. The normalized spacial score (nSPS) is 20.8. The van der Waals surface area contributed by atoms with E-state index in [-0.39, 0.29) is 24.5 Å². The minimum Gasteiger partial charge on any atom is -0.444 e. The first-order valence-electron chi connectivity index (χ1n) is 12.3. The van der Waals surface area contributed by atoms with Crippen molar-refractivity contribution < 1.29 is 28.9 Å². The Hall–Kier alpha value is -2.16. The number of hydrogen-bond acceptors (Lipinski definition) is 6. The number of hydrogen-bond donors (Lipinski definition) is 2. The van der Waals surface area contributed by atoms with Crippen molar-refractivity contribution in [3.05, 3.63) is 34.9 Å². The second-order valence-electron chi connectivity index (χ2n) is 11.8. The Morgan fingerprint density at radius 3 is 2.26 bits per heavy atom. The fourth-order valence-corrected chi connectivity index (χ4v) is 4.13. The van der Waals surface area contributed by atoms with Gasteiger partial charge in [0.05, 0.1) is 37.9 Å². The van der Waals surface area contributed by atoms with E-state index in [9.17, 15) is 14.7 Å². The maximum Gasteiger partial charge on any atom is 0.410 e. The van der Waals surface area contributed by atoms with Crippen LogP contribution in [-0.2, 0) is 25.4 Å². The molecule has 0 unspecified atom stereocenters. The molecule has 198 valence electrons. The molecule has 35 heavy (non-hydrogen) atoms. The fraction of sp³-hybridized carbons (Fsp3) is 0.704. The highest BCUT2D eigenvalue weighted by Gasteiger charge is 2.42. The van der Waals surface area contributed by atoms with E-state index in [1.807, 2.05) is 26.0 Å². The lowest BCUT2D eigenvalue weighted by molar-refractivity contribution is -0.211. The van der Waals surface area contributed by atoms with Crippen LogP contribution in [-0.4, -0.2) is 71.8 Å². The molecule has 8 nitrogen and oxygen atoms in total. The van der Waals surface area contributed by atoms with Gasteiger partial charge in [-0.1, -0.05) is 50.1 Å². The molecule has 2 N–H and O–H groups in total. The molecule has 1 aliphatic rings. The summed E-state index contributed by atoms with van der Waals surface area (Å²) in [5.74, 6) is -0.259. The van der Waals surface area contributed by atoms with Crippen molar-refractivity contribution >= 4 is 12.0 Å². The number of carbonyl (C=O) groups is 2. The molecule has 0 spiro atoms. The molecule has 0 saturated carbocycles. The highest BCUT2D eigenvalue weighted by molar-refractivity contribution is 5.73. The topological polar surface area (TPSA) is 97.3 Å². The number of rotatable bonds is 7. The smallest absolute Gasteiger partial charge is 0.410 e. The quantitative estimate of drug-likeness (QED) is 0.602. The second kappa shape index (κ2) is 11.7. The molecule has 4 atom stereocenters. The van der Waals surface area contributed by atoms with E-state index >= 15 is 0 Å². The summed E-state index contributed by atoms with van der Waals surface area (Å²) < 4.78 is 17.5. The Balaban J connectivity index is 2.29. The van der Waals surface area contributed by atoms with Gasteiger partial charge in [-0.05, 0) is 52.0 Å². The van der Waals surface area contributed by atoms with Crippen LogP contribution >= 0.6 is 0 Å². The van der Waals surface area contributed by atoms with Gasteiger partial charge < -0.3 is 24.6 Å². The van der Waals surface area contributed by atoms with Gasteiger partial charge in [0, 0.05) is 6.92 Å². The number of aliphatic hydroxyl groups excluding tert-OH is 1. The number of morpholine rings is 1. The van der Waals surface area contributed by atoms with Gasteiger partial charge in [-0.3, -0.25) is 9.69 Å². The lowest BCUT2D eigenvalue weighted by atomic mass is 9.93. The molecule has 2 rings (SSSR count). The first-order valence-corrected chi connectivity index (χ1v) is 12.3. The third kappa shape index (κ3) is 9.78. The van der Waals surface area contributed by atoms with Gasteiger partial charge in [0.25, 0.3) is 0 Å². The van der Waals surface area contributed by atoms with E-state index in [0.29, 0.717) is 13.0 Å². The molecule has 1 saturated heterocycles. The van der Waals surface area contributed by atoms with E-state index in [1.165, 1.54) is 11.8 Å². The van der Waals surface area contributed by atoms with Gasteiger partial charge in [0.15, 0.2) is 6.29 Å². The van der Waals surface area contributed by atoms with Crippen LogP contribution in [0.2, 0.25) is 0 Å². The van der Waals surface area contributed by atoms with Gasteiger partial charge in [-0.15, -0.1) is 0 Å². The van der Waals surface area contributed by atoms with Crippen molar-refractivity contribution in [2.45, 2.75) is 98.8 Å². The Kier molecular flexibility index (Phi) is 9.73. The standard InChI is InChI=1S/C27H44N2O6/c1-17-10-18(2)12-20(11-17)13-21(28-19(3)30)24(31)22-15-33-23(34-16-26(4,5)6)14-29(22)25(32)35-27(7,8)9/h10-12,21-24,31H,13-16H2,1-9H3,(H,28,30)/t21-,22+,23-,24-/m0/s1. The summed E-state index contributed by atoms with van der Waals surface area (Å²) in [6.07, 6.45) is -1.87. The van der Waals surface area contributed by atoms with Gasteiger partial charge in [-0.25, -0.2) is 4.79 Å². The number of benzene rings is 1. The van der Waals surface area contributed by atoms with Crippen LogP contribution in [0.25, 0.3) is 0 Å². The predicted molar refractivity (Wildman–Crippen MR) is 135 cm³/mol. The minimum atomic E-state index is -1.09. The molecular weight excluding hydrogens is 448 g/mol. The van der Waals surface area contributed by atoms with Crippen molar-refractivity contribution in [2.24, 2.45) is 5.41 Å². The molecule has 1 aromatic carbocycles. The molecule has 1 fully saturated rings. The number of aliphatic hydroxyl groups is 1. The zero-order valence-electron chi connectivity index (χ0n) is 22.8. The monoisotopic (exact) mass is 492 g/mol. The highest BCUT2D eigenvalue weighted by Crippen LogP contribution is 2.24. The zero-order valence-corrected chi connectivity index (χ0v) is 22.8. The van der Waals surface area contributed by atoms with E-state index in [0.717, 1.165) is 16.7 Å². The minimum absolute atomic E-state index is 0.0537. The number of carbonyl (C=O) groups excluding carboxylic acids is 2. The summed E-state index contributed by atoms with van der Waals surface area (Å²) in [6, 6.07) is 4.80. The average molecular weight is 493 g/mol. The lowest BCUT2D eigenvalue weighted by Gasteiger charge is -2.43. The third-order valence-electron chi connectivity index (χ3n) is 5.46. The summed E-state index contributed by atoms with van der Waals surface area (Å²) in [6.45, 7) is 17.6. The van der Waals surface area contributed by atoms with Crippen molar-refractivity contribution in [3.8, 4) is 0 Å². The van der Waals surface area contributed by atoms with Crippen molar-refractivity contribution in [1.82, 2.24) is 10.2 Å². The van der Waals surface area contributed by atoms with Crippen LogP contribution in [0.3, 0.4) is 0 Å². The Bertz CT molecular complexity index is 853. The van der Waals surface area contributed by atoms with Crippen molar-refractivity contribution in [1.29, 1.82) is 0 Å². The van der Waals surface area contributed by atoms with Gasteiger partial charge in [-0.2, -0.15) is 0 Å². The zero-order chi connectivity index (χ0) is 26.6. The molecule has 2 amide bonds. The van der Waals surface area contributed by atoms with E-state index in [2.05, 4.69) is 32.2 Å². The average Bonchev–Trinajstić information content (AvgIpc) is 2.68. The number of aryl methyl sites for hydroxylation is 2. The van der Waals surface area contributed by atoms with Gasteiger partial charge >= 0.3 is 6.09 Å². The van der Waals surface area contributed by atoms with Crippen LogP contribution in [0, 0.1) is 19.3 Å². The Labute approximate surface area is 210 Å². The third-order valence-corrected chi connectivity index (χ3v) is 5.46. The molecule has 1 aromatic rings. The molecular formula is C27H44N2O6. The SMILES string of the molecule is CC(=O)N[C@@H](Cc1cc(C)cc(C)c1)[C@H](O)[C@H]1CO[C@@H](OCC(C)(C)C)CN1C(=O)OC(C)(C)C. The Morgan fingerprint density at radius 2 is 1.74 bits per heavy atom. The molecule has 0 radical (unpaired) electrons. The van der Waals surface area contributed by atoms with Crippen LogP contribution in [0.15, 0.2) is 18.2 Å². The largest absolute Gasteiger partial charge is 0.444 e. The lowest BCUT2D eigenvalue weighted by Crippen LogP contribution is -2.62. The van der Waals surface area contributed by atoms with Crippen LogP contribution in [0.4, 0.5) is 4.79 Å². The number of amides is 2. The van der Waals surface area contributed by atoms with Crippen molar-refractivity contribution in [3.63, 3.8) is 0 Å². The summed E-state index contributed by atoms with van der Waals surface area (Å²) in [7, 11) is 0. The first-order chi connectivity index (χ1) is 16.0. The molecule has 0 aromatic heterocycles. The highest BCUT2D eigenvalue weighted by atomic mass is 16.7. The molecule has 1 aliphatic heterocycles. The summed E-state index contributed by atoms with van der Waals surface area (Å²) >= 11 is 0. The van der Waals surface area contributed by atoms with Crippen LogP contribution < -0.4 is 5.32 Å². The second-order valence-corrected chi connectivity index (χ2v) is 11.8. The maximum atomic E-state index is 13.2. The Morgan fingerprint density at radius 1 is 1.14 bits per heavy atom. The molecule has 0 aliphatic carbocycles. The van der Waals surface area contributed by atoms with Gasteiger partial charge in [0.1, 0.15) is 5.60 Å². The van der Waals surface area contributed by atoms with Crippen LogP contribution in [0.5, 0.6) is 0 Å². The number of ether oxygens (including phenoxy) is 3. The summed E-state index contributed by atoms with van der Waals surface area (Å²) in [4.78, 5) is 26.7. The van der Waals surface area contributed by atoms with Gasteiger partial charge in [0.2, 0.25) is 5.91 Å².